The van der Waals surface area contributed by atoms with Crippen molar-refractivity contribution in [2.24, 2.45) is 0 Å². The SMILES string of the molecule is CC(C(=O)N(C)CC(=O)Nc1cccc(Oc2ccccn2)c1)n1cccn1. The van der Waals surface area contributed by atoms with Crippen LogP contribution in [0, 0.1) is 0 Å². The van der Waals surface area contributed by atoms with Gasteiger partial charge in [-0.1, -0.05) is 12.1 Å². The van der Waals surface area contributed by atoms with Gasteiger partial charge in [0.2, 0.25) is 17.7 Å². The van der Waals surface area contributed by atoms with Crippen molar-refractivity contribution >= 4 is 17.5 Å². The molecule has 2 heterocycles. The van der Waals surface area contributed by atoms with Crippen LogP contribution >= 0.6 is 0 Å². The maximum atomic E-state index is 12.4. The molecule has 0 fully saturated rings. The molecule has 0 bridgehead atoms. The van der Waals surface area contributed by atoms with Gasteiger partial charge >= 0.3 is 0 Å². The van der Waals surface area contributed by atoms with Crippen molar-refractivity contribution in [1.29, 1.82) is 0 Å². The number of benzene rings is 1. The van der Waals surface area contributed by atoms with Crippen molar-refractivity contribution in [1.82, 2.24) is 19.7 Å². The highest BCUT2D eigenvalue weighted by atomic mass is 16.5. The molecule has 1 N–H and O–H groups in total. The van der Waals surface area contributed by atoms with E-state index in [0.717, 1.165) is 0 Å². The lowest BCUT2D eigenvalue weighted by Gasteiger charge is -2.21. The van der Waals surface area contributed by atoms with Crippen LogP contribution in [0.1, 0.15) is 13.0 Å². The summed E-state index contributed by atoms with van der Waals surface area (Å²) in [7, 11) is 1.59. The van der Waals surface area contributed by atoms with E-state index in [0.29, 0.717) is 17.3 Å². The van der Waals surface area contributed by atoms with Crippen molar-refractivity contribution in [3.8, 4) is 11.6 Å². The van der Waals surface area contributed by atoms with Crippen LogP contribution in [-0.2, 0) is 9.59 Å². The van der Waals surface area contributed by atoms with Crippen molar-refractivity contribution in [3.05, 3.63) is 67.1 Å². The van der Waals surface area contributed by atoms with Crippen molar-refractivity contribution in [2.45, 2.75) is 13.0 Å². The Morgan fingerprint density at radius 1 is 1.18 bits per heavy atom. The molecular weight excluding hydrogens is 358 g/mol. The zero-order chi connectivity index (χ0) is 19.9. The zero-order valence-corrected chi connectivity index (χ0v) is 15.6. The number of likely N-dealkylation sites (N-methyl/N-ethyl adjacent to an activating group) is 1. The van der Waals surface area contributed by atoms with Gasteiger partial charge < -0.3 is 15.0 Å². The van der Waals surface area contributed by atoms with E-state index in [1.165, 1.54) is 4.90 Å². The molecule has 0 aliphatic heterocycles. The van der Waals surface area contributed by atoms with E-state index in [1.807, 2.05) is 6.07 Å². The van der Waals surface area contributed by atoms with Crippen LogP contribution in [-0.4, -0.2) is 45.1 Å². The molecule has 8 nitrogen and oxygen atoms in total. The fourth-order valence-corrected chi connectivity index (χ4v) is 2.60. The molecule has 2 aromatic heterocycles. The minimum absolute atomic E-state index is 0.0736. The molecule has 1 aromatic carbocycles. The molecule has 144 valence electrons. The molecule has 28 heavy (non-hydrogen) atoms. The van der Waals surface area contributed by atoms with Crippen LogP contribution in [0.5, 0.6) is 11.6 Å². The fourth-order valence-electron chi connectivity index (χ4n) is 2.60. The van der Waals surface area contributed by atoms with Gasteiger partial charge in [0, 0.05) is 43.5 Å². The Hall–Kier alpha value is -3.68. The highest BCUT2D eigenvalue weighted by Gasteiger charge is 2.21. The number of amides is 2. The molecule has 1 atom stereocenters. The van der Waals surface area contributed by atoms with Crippen LogP contribution in [0.25, 0.3) is 0 Å². The number of rotatable bonds is 7. The smallest absolute Gasteiger partial charge is 0.247 e. The largest absolute Gasteiger partial charge is 0.439 e. The molecule has 0 spiro atoms. The number of aromatic nitrogens is 3. The van der Waals surface area contributed by atoms with Crippen LogP contribution in [0.2, 0.25) is 0 Å². The van der Waals surface area contributed by atoms with E-state index < -0.39 is 6.04 Å². The molecule has 0 aliphatic carbocycles. The second kappa shape index (κ2) is 8.81. The first-order chi connectivity index (χ1) is 13.5. The molecule has 0 aliphatic rings. The minimum atomic E-state index is -0.483. The maximum Gasteiger partial charge on any atom is 0.247 e. The highest BCUT2D eigenvalue weighted by Crippen LogP contribution is 2.22. The monoisotopic (exact) mass is 379 g/mol. The topological polar surface area (TPSA) is 89.4 Å². The molecule has 1 unspecified atom stereocenters. The van der Waals surface area contributed by atoms with Crippen molar-refractivity contribution in [2.75, 3.05) is 18.9 Å². The molecule has 0 saturated carbocycles. The van der Waals surface area contributed by atoms with Gasteiger partial charge in [0.25, 0.3) is 0 Å². The first kappa shape index (κ1) is 19.1. The van der Waals surface area contributed by atoms with Gasteiger partial charge in [-0.05, 0) is 31.2 Å². The number of carbonyl (C=O) groups excluding carboxylic acids is 2. The van der Waals surface area contributed by atoms with Crippen molar-refractivity contribution in [3.63, 3.8) is 0 Å². The number of nitrogens with one attached hydrogen (secondary N) is 1. The Morgan fingerprint density at radius 3 is 2.75 bits per heavy atom. The summed E-state index contributed by atoms with van der Waals surface area (Å²) >= 11 is 0. The van der Waals surface area contributed by atoms with E-state index in [4.69, 9.17) is 4.74 Å². The Kier molecular flexibility index (Phi) is 6.01. The van der Waals surface area contributed by atoms with Gasteiger partial charge in [0.05, 0.1) is 6.54 Å². The van der Waals surface area contributed by atoms with Gasteiger partial charge in [-0.25, -0.2) is 4.98 Å². The first-order valence-electron chi connectivity index (χ1n) is 8.76. The summed E-state index contributed by atoms with van der Waals surface area (Å²) in [5.74, 6) is 0.502. The minimum Gasteiger partial charge on any atom is -0.439 e. The standard InChI is InChI=1S/C20H21N5O3/c1-15(25-12-6-11-22-25)20(27)24(2)14-18(26)23-16-7-5-8-17(13-16)28-19-9-3-4-10-21-19/h3-13,15H,14H2,1-2H3,(H,23,26). The summed E-state index contributed by atoms with van der Waals surface area (Å²) in [6, 6.07) is 13.6. The Balaban J connectivity index is 1.57. The van der Waals surface area contributed by atoms with E-state index in [9.17, 15) is 9.59 Å². The second-order valence-electron chi connectivity index (χ2n) is 6.20. The van der Waals surface area contributed by atoms with Crippen molar-refractivity contribution < 1.29 is 14.3 Å². The Morgan fingerprint density at radius 2 is 2.04 bits per heavy atom. The van der Waals surface area contributed by atoms with E-state index in [-0.39, 0.29) is 18.4 Å². The molecular formula is C20H21N5O3. The third-order valence-corrected chi connectivity index (χ3v) is 4.01. The van der Waals surface area contributed by atoms with Gasteiger partial charge in [-0.15, -0.1) is 0 Å². The summed E-state index contributed by atoms with van der Waals surface area (Å²) in [5, 5.41) is 6.83. The lowest BCUT2D eigenvalue weighted by molar-refractivity contribution is -0.136. The van der Waals surface area contributed by atoms with E-state index in [1.54, 1.807) is 79.7 Å². The second-order valence-corrected chi connectivity index (χ2v) is 6.20. The third-order valence-electron chi connectivity index (χ3n) is 4.01. The predicted octanol–water partition coefficient (Wildman–Crippen LogP) is 2.73. The highest BCUT2D eigenvalue weighted by molar-refractivity contribution is 5.95. The number of ether oxygens (including phenoxy) is 1. The number of carbonyl (C=O) groups is 2. The van der Waals surface area contributed by atoms with E-state index >= 15 is 0 Å². The quantitative estimate of drug-likeness (QED) is 0.682. The Bertz CT molecular complexity index is 928. The van der Waals surface area contributed by atoms with Crippen LogP contribution in [0.4, 0.5) is 5.69 Å². The maximum absolute atomic E-state index is 12.4. The number of nitrogens with zero attached hydrogens (tertiary/aromatic N) is 4. The average molecular weight is 379 g/mol. The van der Waals surface area contributed by atoms with Gasteiger partial charge in [-0.3, -0.25) is 14.3 Å². The number of hydrogen-bond donors (Lipinski definition) is 1. The lowest BCUT2D eigenvalue weighted by atomic mass is 10.3. The van der Waals surface area contributed by atoms with Gasteiger partial charge in [0.1, 0.15) is 11.8 Å². The molecule has 2 amide bonds. The molecule has 0 radical (unpaired) electrons. The first-order valence-corrected chi connectivity index (χ1v) is 8.76. The predicted molar refractivity (Wildman–Crippen MR) is 104 cm³/mol. The molecule has 3 rings (SSSR count). The summed E-state index contributed by atoms with van der Waals surface area (Å²) in [5.41, 5.74) is 0.569. The zero-order valence-electron chi connectivity index (χ0n) is 15.6. The lowest BCUT2D eigenvalue weighted by Crippen LogP contribution is -2.38. The summed E-state index contributed by atoms with van der Waals surface area (Å²) in [4.78, 5) is 30.2. The third kappa shape index (κ3) is 4.94. The van der Waals surface area contributed by atoms with Crippen LogP contribution < -0.4 is 10.1 Å². The average Bonchev–Trinajstić information content (AvgIpc) is 3.22. The molecule has 3 aromatic rings. The van der Waals surface area contributed by atoms with E-state index in [2.05, 4.69) is 15.4 Å². The van der Waals surface area contributed by atoms with Gasteiger partial charge in [-0.2, -0.15) is 5.10 Å². The number of hydrogen-bond acceptors (Lipinski definition) is 5. The number of anilines is 1. The van der Waals surface area contributed by atoms with Gasteiger partial charge in [0.15, 0.2) is 0 Å². The summed E-state index contributed by atoms with van der Waals surface area (Å²) < 4.78 is 7.21. The summed E-state index contributed by atoms with van der Waals surface area (Å²) in [6.07, 6.45) is 4.96. The fraction of sp³-hybridized carbons (Fsp3) is 0.200. The summed E-state index contributed by atoms with van der Waals surface area (Å²) in [6.45, 7) is 1.66. The Labute approximate surface area is 162 Å². The number of pyridine rings is 1. The molecule has 8 heteroatoms. The normalized spacial score (nSPS) is 11.5. The van der Waals surface area contributed by atoms with Crippen LogP contribution in [0.3, 0.4) is 0 Å². The van der Waals surface area contributed by atoms with Crippen LogP contribution in [0.15, 0.2) is 67.1 Å². The molecule has 0 saturated heterocycles.